The largest absolute Gasteiger partial charge is 0.356 e. The fourth-order valence-corrected chi connectivity index (χ4v) is 2.11. The van der Waals surface area contributed by atoms with E-state index in [4.69, 9.17) is 0 Å². The van der Waals surface area contributed by atoms with Gasteiger partial charge in [0.15, 0.2) is 0 Å². The van der Waals surface area contributed by atoms with Crippen LogP contribution in [0.25, 0.3) is 5.65 Å². The minimum atomic E-state index is -0.318. The molecule has 0 fully saturated rings. The molecule has 0 spiro atoms. The molecule has 0 aliphatic heterocycles. The molecule has 0 radical (unpaired) electrons. The number of rotatable bonds is 7. The Hall–Kier alpha value is -1.91. The molecule has 0 bridgehead atoms. The monoisotopic (exact) mass is 277 g/mol. The highest BCUT2D eigenvalue weighted by Crippen LogP contribution is 2.07. The summed E-state index contributed by atoms with van der Waals surface area (Å²) in [6.45, 7) is 2.87. The lowest BCUT2D eigenvalue weighted by Gasteiger charge is -2.03. The van der Waals surface area contributed by atoms with E-state index >= 15 is 0 Å². The Labute approximate surface area is 118 Å². The van der Waals surface area contributed by atoms with Crippen LogP contribution in [0.1, 0.15) is 38.3 Å². The fourth-order valence-electron chi connectivity index (χ4n) is 2.11. The third-order valence-corrected chi connectivity index (χ3v) is 3.16. The summed E-state index contributed by atoms with van der Waals surface area (Å²) in [6.07, 6.45) is 7.82. The number of halogens is 1. The molecule has 0 aliphatic carbocycles. The summed E-state index contributed by atoms with van der Waals surface area (Å²) >= 11 is 0. The smallest absolute Gasteiger partial charge is 0.226 e. The van der Waals surface area contributed by atoms with Gasteiger partial charge in [0.25, 0.3) is 0 Å². The second-order valence-electron chi connectivity index (χ2n) is 4.93. The zero-order valence-electron chi connectivity index (χ0n) is 11.7. The summed E-state index contributed by atoms with van der Waals surface area (Å²) in [6, 6.07) is 2.96. The summed E-state index contributed by atoms with van der Waals surface area (Å²) in [5.74, 6) is -0.354. The van der Waals surface area contributed by atoms with Crippen molar-refractivity contribution in [3.05, 3.63) is 36.0 Å². The summed E-state index contributed by atoms with van der Waals surface area (Å²) in [4.78, 5) is 16.0. The first-order chi connectivity index (χ1) is 9.69. The van der Waals surface area contributed by atoms with Crippen LogP contribution in [0.15, 0.2) is 24.5 Å². The van der Waals surface area contributed by atoms with Gasteiger partial charge in [0, 0.05) is 18.9 Å². The van der Waals surface area contributed by atoms with E-state index in [9.17, 15) is 9.18 Å². The van der Waals surface area contributed by atoms with Gasteiger partial charge in [-0.15, -0.1) is 0 Å². The van der Waals surface area contributed by atoms with E-state index < -0.39 is 0 Å². The van der Waals surface area contributed by atoms with Crippen molar-refractivity contribution < 1.29 is 9.18 Å². The number of hydrogen-bond donors (Lipinski definition) is 1. The first kappa shape index (κ1) is 14.5. The Kier molecular flexibility index (Phi) is 5.09. The van der Waals surface area contributed by atoms with Gasteiger partial charge < -0.3 is 9.72 Å². The maximum absolute atomic E-state index is 13.0. The van der Waals surface area contributed by atoms with Crippen LogP contribution in [-0.4, -0.2) is 21.8 Å². The van der Waals surface area contributed by atoms with Crippen molar-refractivity contribution in [3.63, 3.8) is 0 Å². The zero-order valence-corrected chi connectivity index (χ0v) is 11.7. The number of imidazole rings is 1. The van der Waals surface area contributed by atoms with Gasteiger partial charge in [-0.25, -0.2) is 9.37 Å². The van der Waals surface area contributed by atoms with Crippen molar-refractivity contribution in [1.82, 2.24) is 14.7 Å². The predicted octanol–water partition coefficient (Wildman–Crippen LogP) is 2.71. The normalized spacial score (nSPS) is 10.9. The molecule has 2 heterocycles. The second-order valence-corrected chi connectivity index (χ2v) is 4.93. The summed E-state index contributed by atoms with van der Waals surface area (Å²) in [5, 5.41) is 2.88. The molecule has 0 unspecified atom stereocenters. The average Bonchev–Trinajstić information content (AvgIpc) is 2.79. The van der Waals surface area contributed by atoms with Gasteiger partial charge >= 0.3 is 0 Å². The molecule has 2 aromatic heterocycles. The van der Waals surface area contributed by atoms with Crippen LogP contribution in [-0.2, 0) is 11.2 Å². The summed E-state index contributed by atoms with van der Waals surface area (Å²) < 4.78 is 14.6. The van der Waals surface area contributed by atoms with Crippen molar-refractivity contribution in [3.8, 4) is 0 Å². The van der Waals surface area contributed by atoms with Gasteiger partial charge in [0.2, 0.25) is 5.91 Å². The maximum Gasteiger partial charge on any atom is 0.226 e. The van der Waals surface area contributed by atoms with E-state index in [1.807, 2.05) is 0 Å². The highest BCUT2D eigenvalue weighted by atomic mass is 19.1. The molecule has 2 rings (SSSR count). The molecule has 0 aromatic carbocycles. The third-order valence-electron chi connectivity index (χ3n) is 3.16. The van der Waals surface area contributed by atoms with Crippen molar-refractivity contribution in [2.45, 2.75) is 39.0 Å². The standard InChI is InChI=1S/C15H20FN3O/c1-2-3-4-5-8-17-15(20)9-13-11-19-10-12(16)6-7-14(19)18-13/h6-7,10-11H,2-5,8-9H2,1H3,(H,17,20). The number of unbranched alkanes of at least 4 members (excludes halogenated alkanes) is 3. The molecule has 4 nitrogen and oxygen atoms in total. The molecule has 1 N–H and O–H groups in total. The number of aromatic nitrogens is 2. The van der Waals surface area contributed by atoms with Crippen LogP contribution in [0.4, 0.5) is 4.39 Å². The van der Waals surface area contributed by atoms with E-state index in [1.165, 1.54) is 25.1 Å². The number of pyridine rings is 1. The predicted molar refractivity (Wildman–Crippen MR) is 76.0 cm³/mol. The Bertz CT molecular complexity index is 580. The van der Waals surface area contributed by atoms with Crippen LogP contribution in [0.2, 0.25) is 0 Å². The van der Waals surface area contributed by atoms with E-state index in [2.05, 4.69) is 17.2 Å². The summed E-state index contributed by atoms with van der Waals surface area (Å²) in [7, 11) is 0. The topological polar surface area (TPSA) is 46.4 Å². The maximum atomic E-state index is 13.0. The average molecular weight is 277 g/mol. The van der Waals surface area contributed by atoms with E-state index in [0.717, 1.165) is 12.8 Å². The van der Waals surface area contributed by atoms with Crippen molar-refractivity contribution in [2.75, 3.05) is 6.54 Å². The van der Waals surface area contributed by atoms with Crippen LogP contribution in [0.3, 0.4) is 0 Å². The molecule has 2 aromatic rings. The molecule has 108 valence electrons. The van der Waals surface area contributed by atoms with Gasteiger partial charge in [-0.1, -0.05) is 26.2 Å². The summed E-state index contributed by atoms with van der Waals surface area (Å²) in [5.41, 5.74) is 1.30. The molecule has 0 aliphatic rings. The number of carbonyl (C=O) groups is 1. The fraction of sp³-hybridized carbons (Fsp3) is 0.467. The third kappa shape index (κ3) is 4.05. The lowest BCUT2D eigenvalue weighted by molar-refractivity contribution is -0.120. The molecular formula is C15H20FN3O. The molecule has 20 heavy (non-hydrogen) atoms. The SMILES string of the molecule is CCCCCCNC(=O)Cc1cn2cc(F)ccc2n1. The number of hydrogen-bond acceptors (Lipinski definition) is 2. The number of carbonyl (C=O) groups excluding carboxylic acids is 1. The van der Waals surface area contributed by atoms with E-state index in [0.29, 0.717) is 17.9 Å². The molecule has 1 amide bonds. The minimum Gasteiger partial charge on any atom is -0.356 e. The molecular weight excluding hydrogens is 257 g/mol. The van der Waals surface area contributed by atoms with Gasteiger partial charge in [-0.3, -0.25) is 4.79 Å². The Morgan fingerprint density at radius 3 is 2.95 bits per heavy atom. The first-order valence-corrected chi connectivity index (χ1v) is 7.09. The highest BCUT2D eigenvalue weighted by Gasteiger charge is 2.07. The molecule has 0 saturated heterocycles. The van der Waals surface area contributed by atoms with Gasteiger partial charge in [-0.05, 0) is 18.6 Å². The number of nitrogens with zero attached hydrogens (tertiary/aromatic N) is 2. The van der Waals surface area contributed by atoms with Gasteiger partial charge in [0.1, 0.15) is 11.5 Å². The van der Waals surface area contributed by atoms with Crippen LogP contribution < -0.4 is 5.32 Å². The van der Waals surface area contributed by atoms with E-state index in [-0.39, 0.29) is 18.1 Å². The Morgan fingerprint density at radius 1 is 1.30 bits per heavy atom. The number of fused-ring (bicyclic) bond motifs is 1. The van der Waals surface area contributed by atoms with Gasteiger partial charge in [0.05, 0.1) is 12.1 Å². The molecule has 0 saturated carbocycles. The van der Waals surface area contributed by atoms with Crippen LogP contribution >= 0.6 is 0 Å². The highest BCUT2D eigenvalue weighted by molar-refractivity contribution is 5.78. The number of amides is 1. The first-order valence-electron chi connectivity index (χ1n) is 7.09. The zero-order chi connectivity index (χ0) is 14.4. The quantitative estimate of drug-likeness (QED) is 0.791. The second kappa shape index (κ2) is 7.03. The van der Waals surface area contributed by atoms with Crippen LogP contribution in [0.5, 0.6) is 0 Å². The Morgan fingerprint density at radius 2 is 2.15 bits per heavy atom. The molecule has 0 atom stereocenters. The van der Waals surface area contributed by atoms with Crippen molar-refractivity contribution in [1.29, 1.82) is 0 Å². The van der Waals surface area contributed by atoms with Crippen LogP contribution in [0, 0.1) is 5.82 Å². The lowest BCUT2D eigenvalue weighted by Crippen LogP contribution is -2.26. The molecule has 5 heteroatoms. The van der Waals surface area contributed by atoms with Crippen molar-refractivity contribution >= 4 is 11.6 Å². The van der Waals surface area contributed by atoms with E-state index in [1.54, 1.807) is 16.7 Å². The number of nitrogens with one attached hydrogen (secondary N) is 1. The Balaban J connectivity index is 1.83. The minimum absolute atomic E-state index is 0.0367. The lowest BCUT2D eigenvalue weighted by atomic mass is 10.2. The van der Waals surface area contributed by atoms with Gasteiger partial charge in [-0.2, -0.15) is 0 Å². The van der Waals surface area contributed by atoms with Crippen molar-refractivity contribution in [2.24, 2.45) is 0 Å².